The highest BCUT2D eigenvalue weighted by Gasteiger charge is 2.22. The minimum atomic E-state index is 0.824. The summed E-state index contributed by atoms with van der Waals surface area (Å²) in [6.45, 7) is 8.45. The molecule has 1 atom stereocenters. The van der Waals surface area contributed by atoms with Crippen molar-refractivity contribution in [2.24, 2.45) is 0 Å². The van der Waals surface area contributed by atoms with E-state index in [1.54, 1.807) is 0 Å². The van der Waals surface area contributed by atoms with Gasteiger partial charge in [0, 0.05) is 0 Å². The number of rotatable bonds is 19. The third-order valence-corrected chi connectivity index (χ3v) is 6.26. The van der Waals surface area contributed by atoms with Crippen molar-refractivity contribution in [1.82, 2.24) is 0 Å². The van der Waals surface area contributed by atoms with Gasteiger partial charge >= 0.3 is 0 Å². The van der Waals surface area contributed by atoms with E-state index in [0.717, 1.165) is 6.04 Å². The van der Waals surface area contributed by atoms with Gasteiger partial charge in [0.15, 0.2) is 0 Å². The molecule has 0 aliphatic carbocycles. The Kier molecular flexibility index (Phi) is 17.3. The van der Waals surface area contributed by atoms with Crippen molar-refractivity contribution in [3.05, 3.63) is 0 Å². The number of hydrogen-bond donors (Lipinski definition) is 0. The minimum absolute atomic E-state index is 0.824. The van der Waals surface area contributed by atoms with E-state index in [4.69, 9.17) is 0 Å². The smallest absolute Gasteiger partial charge is 0.0857 e. The van der Waals surface area contributed by atoms with E-state index in [1.807, 2.05) is 0 Å². The predicted molar refractivity (Wildman–Crippen MR) is 116 cm³/mol. The van der Waals surface area contributed by atoms with Crippen molar-refractivity contribution < 1.29 is 4.48 Å². The maximum atomic E-state index is 2.48. The first-order valence-electron chi connectivity index (χ1n) is 11.9. The van der Waals surface area contributed by atoms with Crippen LogP contribution in [0.2, 0.25) is 0 Å². The maximum absolute atomic E-state index is 2.48. The molecule has 0 rings (SSSR count). The van der Waals surface area contributed by atoms with Crippen LogP contribution < -0.4 is 0 Å². The van der Waals surface area contributed by atoms with Crippen LogP contribution in [0.4, 0.5) is 0 Å². The van der Waals surface area contributed by atoms with Gasteiger partial charge in [-0.3, -0.25) is 0 Å². The number of quaternary nitrogens is 1. The largest absolute Gasteiger partial charge is 0.326 e. The number of unbranched alkanes of at least 4 members (excludes halogenated alkanes) is 14. The molecule has 0 heterocycles. The number of hydrogen-bond acceptors (Lipinski definition) is 0. The Bertz CT molecular complexity index is 259. The summed E-state index contributed by atoms with van der Waals surface area (Å²) >= 11 is 0. The van der Waals surface area contributed by atoms with Crippen LogP contribution in [0.3, 0.4) is 0 Å². The Balaban J connectivity index is 3.54. The molecule has 25 heavy (non-hydrogen) atoms. The molecule has 0 saturated heterocycles. The second-order valence-corrected chi connectivity index (χ2v) is 9.09. The summed E-state index contributed by atoms with van der Waals surface area (Å²) in [5, 5.41) is 0. The third kappa shape index (κ3) is 15.9. The van der Waals surface area contributed by atoms with Crippen LogP contribution in [0.1, 0.15) is 130 Å². The summed E-state index contributed by atoms with van der Waals surface area (Å²) in [7, 11) is 4.91. The fourth-order valence-corrected chi connectivity index (χ4v) is 3.80. The van der Waals surface area contributed by atoms with E-state index in [2.05, 4.69) is 34.9 Å². The number of nitrogens with zero attached hydrogens (tertiary/aromatic N) is 1. The van der Waals surface area contributed by atoms with E-state index in [-0.39, 0.29) is 0 Å². The summed E-state index contributed by atoms with van der Waals surface area (Å²) in [5.41, 5.74) is 0. The van der Waals surface area contributed by atoms with E-state index >= 15 is 0 Å². The molecular formula is C24H52N+. The van der Waals surface area contributed by atoms with Crippen LogP contribution in [-0.2, 0) is 0 Å². The Labute approximate surface area is 161 Å². The quantitative estimate of drug-likeness (QED) is 0.162. The average molecular weight is 355 g/mol. The highest BCUT2D eigenvalue weighted by atomic mass is 15.3. The summed E-state index contributed by atoms with van der Waals surface area (Å²) in [6.07, 6.45) is 24.4. The topological polar surface area (TPSA) is 0 Å². The van der Waals surface area contributed by atoms with E-state index in [0.29, 0.717) is 0 Å². The molecule has 0 fully saturated rings. The van der Waals surface area contributed by atoms with E-state index in [9.17, 15) is 0 Å². The molecule has 1 nitrogen and oxygen atoms in total. The normalized spacial score (nSPS) is 13.3. The van der Waals surface area contributed by atoms with Crippen LogP contribution in [-0.4, -0.2) is 31.2 Å². The van der Waals surface area contributed by atoms with Crippen LogP contribution >= 0.6 is 0 Å². The zero-order chi connectivity index (χ0) is 18.8. The zero-order valence-electron chi connectivity index (χ0n) is 18.8. The van der Waals surface area contributed by atoms with Gasteiger partial charge in [0.05, 0.1) is 26.7 Å². The monoisotopic (exact) mass is 354 g/mol. The molecule has 0 aromatic carbocycles. The Morgan fingerprint density at radius 3 is 1.32 bits per heavy atom. The maximum Gasteiger partial charge on any atom is 0.0857 e. The first-order valence-corrected chi connectivity index (χ1v) is 11.9. The fraction of sp³-hybridized carbons (Fsp3) is 1.00. The molecule has 0 radical (unpaired) electrons. The minimum Gasteiger partial charge on any atom is -0.326 e. The highest BCUT2D eigenvalue weighted by Crippen LogP contribution is 2.18. The highest BCUT2D eigenvalue weighted by molar-refractivity contribution is 4.55. The van der Waals surface area contributed by atoms with Crippen molar-refractivity contribution in [3.8, 4) is 0 Å². The fourth-order valence-electron chi connectivity index (χ4n) is 3.80. The molecule has 1 unspecified atom stereocenters. The van der Waals surface area contributed by atoms with E-state index < -0.39 is 0 Å². The lowest BCUT2D eigenvalue weighted by atomic mass is 10.0. The van der Waals surface area contributed by atoms with Gasteiger partial charge in [-0.25, -0.2) is 0 Å². The second kappa shape index (κ2) is 17.4. The van der Waals surface area contributed by atoms with Gasteiger partial charge in [-0.1, -0.05) is 97.3 Å². The lowest BCUT2D eigenvalue weighted by Gasteiger charge is -2.36. The molecule has 1 heteroatoms. The molecule has 0 N–H and O–H groups in total. The standard InChI is InChI=1S/C24H52N/c1-6-8-10-12-14-16-18-20-22-24(3)25(4,5)23-21-19-17-15-13-11-9-7-2/h24H,6-23H2,1-5H3/q+1. The van der Waals surface area contributed by atoms with Gasteiger partial charge in [0.1, 0.15) is 0 Å². The molecule has 0 saturated carbocycles. The first-order chi connectivity index (χ1) is 12.0. The van der Waals surface area contributed by atoms with Crippen LogP contribution in [0.25, 0.3) is 0 Å². The first kappa shape index (κ1) is 25.0. The lowest BCUT2D eigenvalue weighted by Crippen LogP contribution is -2.47. The van der Waals surface area contributed by atoms with Crippen LogP contribution in [0.15, 0.2) is 0 Å². The Morgan fingerprint density at radius 2 is 0.880 bits per heavy atom. The molecule has 0 aromatic heterocycles. The average Bonchev–Trinajstić information content (AvgIpc) is 2.59. The zero-order valence-corrected chi connectivity index (χ0v) is 18.8. The molecular weight excluding hydrogens is 302 g/mol. The molecule has 0 amide bonds. The molecule has 0 aliphatic rings. The van der Waals surface area contributed by atoms with Crippen molar-refractivity contribution in [3.63, 3.8) is 0 Å². The van der Waals surface area contributed by atoms with Crippen LogP contribution in [0.5, 0.6) is 0 Å². The van der Waals surface area contributed by atoms with Gasteiger partial charge in [-0.05, 0) is 32.6 Å². The summed E-state index contributed by atoms with van der Waals surface area (Å²) in [6, 6.07) is 0.824. The Hall–Kier alpha value is -0.0400. The van der Waals surface area contributed by atoms with Crippen molar-refractivity contribution >= 4 is 0 Å². The molecule has 0 aliphatic heterocycles. The summed E-state index contributed by atoms with van der Waals surface area (Å²) in [4.78, 5) is 0. The molecule has 0 aromatic rings. The lowest BCUT2D eigenvalue weighted by molar-refractivity contribution is -0.913. The molecule has 0 bridgehead atoms. The predicted octanol–water partition coefficient (Wildman–Crippen LogP) is 8.12. The Morgan fingerprint density at radius 1 is 0.520 bits per heavy atom. The van der Waals surface area contributed by atoms with Gasteiger partial charge in [-0.2, -0.15) is 0 Å². The summed E-state index contributed by atoms with van der Waals surface area (Å²) in [5.74, 6) is 0. The second-order valence-electron chi connectivity index (χ2n) is 9.09. The van der Waals surface area contributed by atoms with Crippen molar-refractivity contribution in [2.75, 3.05) is 20.6 Å². The summed E-state index contributed by atoms with van der Waals surface area (Å²) < 4.78 is 1.23. The van der Waals surface area contributed by atoms with Gasteiger partial charge in [0.25, 0.3) is 0 Å². The van der Waals surface area contributed by atoms with Crippen LogP contribution in [0, 0.1) is 0 Å². The molecule has 152 valence electrons. The molecule has 0 spiro atoms. The van der Waals surface area contributed by atoms with Gasteiger partial charge in [-0.15, -0.1) is 0 Å². The van der Waals surface area contributed by atoms with Gasteiger partial charge in [0.2, 0.25) is 0 Å². The van der Waals surface area contributed by atoms with E-state index in [1.165, 1.54) is 120 Å². The third-order valence-electron chi connectivity index (χ3n) is 6.26. The van der Waals surface area contributed by atoms with Crippen molar-refractivity contribution in [1.29, 1.82) is 0 Å². The van der Waals surface area contributed by atoms with Gasteiger partial charge < -0.3 is 4.48 Å². The SMILES string of the molecule is CCCCCCCCCCC(C)[N+](C)(C)CCCCCCCCCC. The van der Waals surface area contributed by atoms with Crippen molar-refractivity contribution in [2.45, 2.75) is 136 Å².